The van der Waals surface area contributed by atoms with Gasteiger partial charge in [0.05, 0.1) is 0 Å². The van der Waals surface area contributed by atoms with E-state index in [2.05, 4.69) is 15.4 Å². The second kappa shape index (κ2) is 8.61. The normalized spacial score (nSPS) is 10.5. The summed E-state index contributed by atoms with van der Waals surface area (Å²) in [6, 6.07) is 4.37. The lowest BCUT2D eigenvalue weighted by atomic mass is 10.1. The van der Waals surface area contributed by atoms with Crippen LogP contribution < -0.4 is 10.7 Å². The molecule has 0 aliphatic carbocycles. The van der Waals surface area contributed by atoms with Gasteiger partial charge >= 0.3 is 5.97 Å². The number of aromatic nitrogens is 3. The average molecular weight is 413 g/mol. The number of pyridine rings is 1. The van der Waals surface area contributed by atoms with Gasteiger partial charge in [-0.3, -0.25) is 19.5 Å². The molecule has 0 atom stereocenters. The molecule has 0 saturated carbocycles. The van der Waals surface area contributed by atoms with E-state index in [4.69, 9.17) is 5.11 Å². The Balaban J connectivity index is 0.00000280. The number of aliphatic carboxylic acids is 1. The molecule has 148 valence electrons. The number of hydrogen-bond acceptors (Lipinski definition) is 4. The van der Waals surface area contributed by atoms with Crippen molar-refractivity contribution in [1.82, 2.24) is 19.9 Å². The first-order valence-electron chi connectivity index (χ1n) is 7.88. The van der Waals surface area contributed by atoms with E-state index in [1.165, 1.54) is 29.0 Å². The molecule has 28 heavy (non-hydrogen) atoms. The van der Waals surface area contributed by atoms with Crippen molar-refractivity contribution >= 4 is 29.9 Å². The van der Waals surface area contributed by atoms with Gasteiger partial charge in [-0.05, 0) is 30.5 Å². The van der Waals surface area contributed by atoms with Gasteiger partial charge in [-0.25, -0.2) is 18.3 Å². The summed E-state index contributed by atoms with van der Waals surface area (Å²) < 4.78 is 28.0. The Hall–Kier alpha value is -3.27. The molecule has 0 aliphatic heterocycles. The number of H-pyrrole nitrogens is 1. The van der Waals surface area contributed by atoms with E-state index in [1.54, 1.807) is 0 Å². The second-order valence-electron chi connectivity index (χ2n) is 5.78. The number of aryl methyl sites for hydroxylation is 2. The number of carboxylic acid groups (broad SMARTS) is 1. The van der Waals surface area contributed by atoms with Crippen molar-refractivity contribution in [3.8, 4) is 0 Å². The number of aromatic amines is 1. The summed E-state index contributed by atoms with van der Waals surface area (Å²) >= 11 is 0. The highest BCUT2D eigenvalue weighted by molar-refractivity contribution is 6.00. The highest BCUT2D eigenvalue weighted by atomic mass is 35.5. The van der Waals surface area contributed by atoms with Crippen LogP contribution in [0.2, 0.25) is 0 Å². The molecular weight excluding hydrogens is 398 g/mol. The number of nitrogens with one attached hydrogen (secondary N) is 2. The number of benzene rings is 1. The topological polar surface area (TPSA) is 117 Å². The molecule has 3 N–H and O–H groups in total. The first kappa shape index (κ1) is 21.0. The zero-order valence-electron chi connectivity index (χ0n) is 14.2. The van der Waals surface area contributed by atoms with Gasteiger partial charge < -0.3 is 10.4 Å². The maximum Gasteiger partial charge on any atom is 0.322 e. The molecule has 0 radical (unpaired) electrons. The molecule has 11 heteroatoms. The third kappa shape index (κ3) is 4.52. The van der Waals surface area contributed by atoms with Crippen LogP contribution in [0.4, 0.5) is 8.78 Å². The van der Waals surface area contributed by atoms with Crippen molar-refractivity contribution in [3.63, 3.8) is 0 Å². The number of carbonyl (C=O) groups is 2. The van der Waals surface area contributed by atoms with Crippen molar-refractivity contribution in [1.29, 1.82) is 0 Å². The monoisotopic (exact) mass is 412 g/mol. The van der Waals surface area contributed by atoms with E-state index in [9.17, 15) is 23.2 Å². The summed E-state index contributed by atoms with van der Waals surface area (Å²) in [4.78, 5) is 39.0. The van der Waals surface area contributed by atoms with Gasteiger partial charge in [0.1, 0.15) is 30.1 Å². The van der Waals surface area contributed by atoms with Crippen LogP contribution in [0.5, 0.6) is 0 Å². The van der Waals surface area contributed by atoms with Crippen LogP contribution >= 0.6 is 12.4 Å². The lowest BCUT2D eigenvalue weighted by Crippen LogP contribution is -2.33. The van der Waals surface area contributed by atoms with Crippen LogP contribution in [0.1, 0.15) is 21.6 Å². The minimum absolute atomic E-state index is 0. The second-order valence-corrected chi connectivity index (χ2v) is 5.78. The first-order chi connectivity index (χ1) is 12.8. The molecule has 0 aliphatic rings. The average Bonchev–Trinajstić information content (AvgIpc) is 3.06. The van der Waals surface area contributed by atoms with Gasteiger partial charge in [0.15, 0.2) is 11.1 Å². The maximum absolute atomic E-state index is 13.3. The zero-order valence-corrected chi connectivity index (χ0v) is 15.1. The quantitative estimate of drug-likeness (QED) is 0.564. The summed E-state index contributed by atoms with van der Waals surface area (Å²) in [5, 5.41) is 13.5. The Kier molecular flexibility index (Phi) is 6.47. The van der Waals surface area contributed by atoms with E-state index in [0.717, 1.165) is 6.07 Å². The number of halogens is 3. The lowest BCUT2D eigenvalue weighted by Gasteiger charge is -2.08. The van der Waals surface area contributed by atoms with Crippen LogP contribution in [0, 0.1) is 11.6 Å². The molecule has 2 aromatic heterocycles. The van der Waals surface area contributed by atoms with Crippen molar-refractivity contribution < 1.29 is 23.5 Å². The Bertz CT molecular complexity index is 1080. The van der Waals surface area contributed by atoms with Crippen LogP contribution in [-0.4, -0.2) is 38.1 Å². The minimum atomic E-state index is -1.25. The van der Waals surface area contributed by atoms with Crippen LogP contribution in [0.25, 0.3) is 5.65 Å². The third-order valence-electron chi connectivity index (χ3n) is 3.86. The molecule has 1 amide bonds. The van der Waals surface area contributed by atoms with E-state index in [0.29, 0.717) is 11.3 Å². The number of fused-ring (bicyclic) bond motifs is 1. The third-order valence-corrected chi connectivity index (χ3v) is 3.86. The van der Waals surface area contributed by atoms with E-state index < -0.39 is 35.5 Å². The number of carboxylic acids is 1. The summed E-state index contributed by atoms with van der Waals surface area (Å²) in [5.41, 5.74) is -0.0299. The Morgan fingerprint density at radius 3 is 2.46 bits per heavy atom. The van der Waals surface area contributed by atoms with Crippen molar-refractivity contribution in [2.75, 3.05) is 6.54 Å². The van der Waals surface area contributed by atoms with E-state index >= 15 is 0 Å². The number of rotatable bonds is 6. The molecule has 3 aromatic rings. The SMILES string of the molecule is Cl.O=C(O)CNC(=O)c1c(=O)cc(CCc2cc(F)cc(F)c2)n2[nH]cnc12. The zero-order chi connectivity index (χ0) is 19.6. The smallest absolute Gasteiger partial charge is 0.322 e. The van der Waals surface area contributed by atoms with E-state index in [-0.39, 0.29) is 36.5 Å². The largest absolute Gasteiger partial charge is 0.480 e. The number of amides is 1. The number of hydrogen-bond donors (Lipinski definition) is 3. The van der Waals surface area contributed by atoms with Gasteiger partial charge in [-0.15, -0.1) is 12.4 Å². The number of carbonyl (C=O) groups excluding carboxylic acids is 1. The standard InChI is InChI=1S/C17H14F2N4O4.ClH/c18-10-3-9(4-11(19)5-10)1-2-12-6-13(24)15(16-21-8-22-23(12)16)17(27)20-7-14(25)26;/h3-6,8H,1-2,7H2,(H,20,27)(H,21,22)(H,25,26);1H. The van der Waals surface area contributed by atoms with Gasteiger partial charge in [0, 0.05) is 17.8 Å². The van der Waals surface area contributed by atoms with Crippen molar-refractivity contribution in [2.24, 2.45) is 0 Å². The molecule has 0 bridgehead atoms. The van der Waals surface area contributed by atoms with Crippen LogP contribution in [-0.2, 0) is 17.6 Å². The lowest BCUT2D eigenvalue weighted by molar-refractivity contribution is -0.135. The molecule has 0 fully saturated rings. The summed E-state index contributed by atoms with van der Waals surface area (Å²) in [6.45, 7) is -0.637. The summed E-state index contributed by atoms with van der Waals surface area (Å²) in [7, 11) is 0. The molecule has 1 aromatic carbocycles. The Labute approximate surface area is 162 Å². The van der Waals surface area contributed by atoms with Crippen LogP contribution in [0.15, 0.2) is 35.4 Å². The van der Waals surface area contributed by atoms with Gasteiger partial charge in [-0.2, -0.15) is 0 Å². The molecule has 2 heterocycles. The van der Waals surface area contributed by atoms with Gasteiger partial charge in [0.2, 0.25) is 0 Å². The van der Waals surface area contributed by atoms with Gasteiger partial charge in [-0.1, -0.05) is 0 Å². The summed E-state index contributed by atoms with van der Waals surface area (Å²) in [6.07, 6.45) is 1.77. The molecule has 0 unspecified atom stereocenters. The predicted octanol–water partition coefficient (Wildman–Crippen LogP) is 1.32. The first-order valence-corrected chi connectivity index (χ1v) is 7.88. The fourth-order valence-corrected chi connectivity index (χ4v) is 2.73. The van der Waals surface area contributed by atoms with Crippen molar-refractivity contribution in [2.45, 2.75) is 12.8 Å². The molecule has 0 saturated heterocycles. The molecule has 0 spiro atoms. The fraction of sp³-hybridized carbons (Fsp3) is 0.176. The molecule has 8 nitrogen and oxygen atoms in total. The predicted molar refractivity (Wildman–Crippen MR) is 96.8 cm³/mol. The molecule has 3 rings (SSSR count). The summed E-state index contributed by atoms with van der Waals surface area (Å²) in [5.74, 6) is -3.50. The molecular formula is C17H15ClF2N4O4. The highest BCUT2D eigenvalue weighted by Gasteiger charge is 2.19. The number of nitrogens with zero attached hydrogens (tertiary/aromatic N) is 2. The van der Waals surface area contributed by atoms with E-state index in [1.807, 2.05) is 0 Å². The van der Waals surface area contributed by atoms with Gasteiger partial charge in [0.25, 0.3) is 5.91 Å². The Morgan fingerprint density at radius 2 is 1.82 bits per heavy atom. The Morgan fingerprint density at radius 1 is 1.14 bits per heavy atom. The fourth-order valence-electron chi connectivity index (χ4n) is 2.73. The highest BCUT2D eigenvalue weighted by Crippen LogP contribution is 2.13. The van der Waals surface area contributed by atoms with Crippen LogP contribution in [0.3, 0.4) is 0 Å². The van der Waals surface area contributed by atoms with Crippen molar-refractivity contribution in [3.05, 3.63) is 69.3 Å². The maximum atomic E-state index is 13.3. The minimum Gasteiger partial charge on any atom is -0.480 e.